The monoisotopic (exact) mass is 580 g/mol. The van der Waals surface area contributed by atoms with Crippen LogP contribution in [0.3, 0.4) is 0 Å². The van der Waals surface area contributed by atoms with Gasteiger partial charge in [0.25, 0.3) is 5.91 Å². The summed E-state index contributed by atoms with van der Waals surface area (Å²) in [5.41, 5.74) is 1.51. The van der Waals surface area contributed by atoms with E-state index in [-0.39, 0.29) is 24.6 Å². The summed E-state index contributed by atoms with van der Waals surface area (Å²) < 4.78 is 11.4. The zero-order chi connectivity index (χ0) is 29.5. The summed E-state index contributed by atoms with van der Waals surface area (Å²) in [6.07, 6.45) is 3.92. The SMILES string of the molecule is CCCCCC(C(=O)NCNC(=O)c1ccc(-c2cc(CNCP(O)O)cc(OCC)c2)o1)C(CC)N(O)C=O. The van der Waals surface area contributed by atoms with Crippen LogP contribution < -0.4 is 20.7 Å². The van der Waals surface area contributed by atoms with Crippen molar-refractivity contribution in [2.75, 3.05) is 19.6 Å². The predicted molar refractivity (Wildman–Crippen MR) is 150 cm³/mol. The topological polar surface area (TPSA) is 174 Å². The fourth-order valence-electron chi connectivity index (χ4n) is 4.35. The van der Waals surface area contributed by atoms with Crippen LogP contribution in [-0.4, -0.2) is 63.9 Å². The summed E-state index contributed by atoms with van der Waals surface area (Å²) in [4.78, 5) is 55.0. The van der Waals surface area contributed by atoms with Crippen LogP contribution in [0.4, 0.5) is 0 Å². The number of ether oxygens (including phenoxy) is 1. The van der Waals surface area contributed by atoms with Crippen molar-refractivity contribution in [2.24, 2.45) is 5.92 Å². The Hall–Kier alpha value is -3.02. The second-order valence-corrected chi connectivity index (χ2v) is 10.3. The molecular formula is C27H41N4O8P. The normalized spacial score (nSPS) is 12.6. The van der Waals surface area contributed by atoms with Crippen molar-refractivity contribution in [1.82, 2.24) is 21.0 Å². The van der Waals surface area contributed by atoms with E-state index in [9.17, 15) is 19.6 Å². The largest absolute Gasteiger partial charge is 0.494 e. The lowest BCUT2D eigenvalue weighted by molar-refractivity contribution is -0.168. The highest BCUT2D eigenvalue weighted by Crippen LogP contribution is 2.29. The van der Waals surface area contributed by atoms with Gasteiger partial charge in [0, 0.05) is 12.1 Å². The number of rotatable bonds is 19. The third kappa shape index (κ3) is 10.5. The fourth-order valence-corrected chi connectivity index (χ4v) is 4.66. The molecule has 0 bridgehead atoms. The number of hydrogen-bond donors (Lipinski definition) is 6. The smallest absolute Gasteiger partial charge is 0.288 e. The second kappa shape index (κ2) is 17.6. The lowest BCUT2D eigenvalue weighted by atomic mass is 9.90. The highest BCUT2D eigenvalue weighted by Gasteiger charge is 2.30. The average molecular weight is 581 g/mol. The minimum Gasteiger partial charge on any atom is -0.494 e. The number of nitrogens with zero attached hydrogens (tertiary/aromatic N) is 1. The van der Waals surface area contributed by atoms with E-state index in [1.165, 1.54) is 6.07 Å². The van der Waals surface area contributed by atoms with Crippen molar-refractivity contribution in [3.05, 3.63) is 41.7 Å². The molecule has 0 fully saturated rings. The molecule has 0 aliphatic heterocycles. The number of furan rings is 1. The van der Waals surface area contributed by atoms with E-state index in [1.807, 2.05) is 26.0 Å². The molecule has 0 radical (unpaired) electrons. The third-order valence-electron chi connectivity index (χ3n) is 6.27. The molecule has 2 atom stereocenters. The molecule has 13 heteroatoms. The maximum Gasteiger partial charge on any atom is 0.288 e. The van der Waals surface area contributed by atoms with Gasteiger partial charge in [-0.3, -0.25) is 19.6 Å². The number of amides is 3. The molecule has 1 heterocycles. The van der Waals surface area contributed by atoms with Gasteiger partial charge in [0.05, 0.1) is 31.5 Å². The van der Waals surface area contributed by atoms with Crippen molar-refractivity contribution < 1.29 is 38.5 Å². The molecule has 2 unspecified atom stereocenters. The number of benzene rings is 1. The van der Waals surface area contributed by atoms with E-state index in [2.05, 4.69) is 16.0 Å². The maximum atomic E-state index is 12.9. The van der Waals surface area contributed by atoms with E-state index < -0.39 is 26.2 Å². The molecule has 0 saturated carbocycles. The first-order valence-corrected chi connectivity index (χ1v) is 14.9. The van der Waals surface area contributed by atoms with Gasteiger partial charge in [-0.2, -0.15) is 0 Å². The van der Waals surface area contributed by atoms with Crippen LogP contribution in [0.1, 0.15) is 69.0 Å². The zero-order valence-corrected chi connectivity index (χ0v) is 24.2. The first kappa shape index (κ1) is 33.2. The molecule has 12 nitrogen and oxygen atoms in total. The van der Waals surface area contributed by atoms with Crippen LogP contribution in [0.2, 0.25) is 0 Å². The Morgan fingerprint density at radius 1 is 1.12 bits per heavy atom. The van der Waals surface area contributed by atoms with Crippen LogP contribution in [0.5, 0.6) is 5.75 Å². The van der Waals surface area contributed by atoms with Crippen LogP contribution in [0.25, 0.3) is 11.3 Å². The van der Waals surface area contributed by atoms with Gasteiger partial charge in [-0.15, -0.1) is 0 Å². The summed E-state index contributed by atoms with van der Waals surface area (Å²) in [5, 5.41) is 18.7. The van der Waals surface area contributed by atoms with Gasteiger partial charge in [-0.05, 0) is 55.7 Å². The number of carbonyl (C=O) groups is 3. The molecule has 40 heavy (non-hydrogen) atoms. The first-order valence-electron chi connectivity index (χ1n) is 13.4. The van der Waals surface area contributed by atoms with E-state index in [4.69, 9.17) is 18.9 Å². The molecule has 2 rings (SSSR count). The Labute approximate surface area is 236 Å². The highest BCUT2D eigenvalue weighted by atomic mass is 31.2. The van der Waals surface area contributed by atoms with Gasteiger partial charge >= 0.3 is 0 Å². The van der Waals surface area contributed by atoms with Crippen molar-refractivity contribution in [3.63, 3.8) is 0 Å². The number of hydroxylamine groups is 2. The molecule has 222 valence electrons. The Kier molecular flexibility index (Phi) is 14.6. The first-order chi connectivity index (χ1) is 19.2. The lowest BCUT2D eigenvalue weighted by Gasteiger charge is -2.29. The van der Waals surface area contributed by atoms with Crippen molar-refractivity contribution in [2.45, 2.75) is 65.5 Å². The van der Waals surface area contributed by atoms with E-state index in [0.29, 0.717) is 54.5 Å². The molecule has 6 N–H and O–H groups in total. The fraction of sp³-hybridized carbons (Fsp3) is 0.519. The van der Waals surface area contributed by atoms with Gasteiger partial charge in [0.1, 0.15) is 11.5 Å². The van der Waals surface area contributed by atoms with Crippen molar-refractivity contribution >= 4 is 26.6 Å². The minimum atomic E-state index is -2.05. The van der Waals surface area contributed by atoms with E-state index in [0.717, 1.165) is 24.8 Å². The van der Waals surface area contributed by atoms with E-state index >= 15 is 0 Å². The van der Waals surface area contributed by atoms with Crippen molar-refractivity contribution in [3.8, 4) is 17.1 Å². The third-order valence-corrected chi connectivity index (χ3v) is 6.78. The molecule has 1 aromatic heterocycles. The minimum absolute atomic E-state index is 0.0466. The number of nitrogens with one attached hydrogen (secondary N) is 3. The van der Waals surface area contributed by atoms with Crippen molar-refractivity contribution in [1.29, 1.82) is 0 Å². The van der Waals surface area contributed by atoms with Gasteiger partial charge in [0.2, 0.25) is 12.3 Å². The summed E-state index contributed by atoms with van der Waals surface area (Å²) in [6, 6.07) is 7.98. The molecule has 3 amide bonds. The second-order valence-electron chi connectivity index (χ2n) is 9.21. The maximum absolute atomic E-state index is 12.9. The lowest BCUT2D eigenvalue weighted by Crippen LogP contribution is -2.47. The van der Waals surface area contributed by atoms with Gasteiger partial charge in [-0.1, -0.05) is 33.1 Å². The molecule has 0 aliphatic carbocycles. The van der Waals surface area contributed by atoms with Gasteiger partial charge in [0.15, 0.2) is 14.1 Å². The molecule has 0 aliphatic rings. The Balaban J connectivity index is 2.05. The predicted octanol–water partition coefficient (Wildman–Crippen LogP) is 3.32. The van der Waals surface area contributed by atoms with Crippen LogP contribution in [-0.2, 0) is 16.1 Å². The Morgan fingerprint density at radius 3 is 2.55 bits per heavy atom. The average Bonchev–Trinajstić information content (AvgIpc) is 3.43. The highest BCUT2D eigenvalue weighted by molar-refractivity contribution is 7.44. The molecule has 2 aromatic rings. The van der Waals surface area contributed by atoms with Crippen LogP contribution in [0.15, 0.2) is 34.7 Å². The van der Waals surface area contributed by atoms with Crippen LogP contribution in [0, 0.1) is 5.92 Å². The summed E-state index contributed by atoms with van der Waals surface area (Å²) in [7, 11) is -2.05. The molecule has 1 aromatic carbocycles. The van der Waals surface area contributed by atoms with E-state index in [1.54, 1.807) is 19.1 Å². The molecule has 0 spiro atoms. The molecule has 0 saturated heterocycles. The number of unbranched alkanes of at least 4 members (excludes halogenated alkanes) is 2. The number of hydrogen-bond acceptors (Lipinski definition) is 9. The summed E-state index contributed by atoms with van der Waals surface area (Å²) in [5.74, 6) is -0.436. The standard InChI is InChI=1S/C27H41N4O8P/c1-4-7-8-9-22(23(5-2)31(35)18-32)26(33)29-16-30-27(34)25-11-10-24(39-25)20-12-19(15-28-17-40(36)37)13-21(14-20)38-6-3/h10-14,18,22-23,28,35-37H,4-9,15-17H2,1-3H3,(H,29,33)(H,30,34). The van der Waals surface area contributed by atoms with Gasteiger partial charge in [-0.25, -0.2) is 5.06 Å². The van der Waals surface area contributed by atoms with Crippen LogP contribution >= 0.6 is 8.38 Å². The quantitative estimate of drug-likeness (QED) is 0.0364. The molecular weight excluding hydrogens is 539 g/mol. The Morgan fingerprint density at radius 2 is 1.90 bits per heavy atom. The summed E-state index contributed by atoms with van der Waals surface area (Å²) in [6.45, 7) is 6.37. The van der Waals surface area contributed by atoms with Gasteiger partial charge < -0.3 is 34.9 Å². The zero-order valence-electron chi connectivity index (χ0n) is 23.3. The summed E-state index contributed by atoms with van der Waals surface area (Å²) >= 11 is 0. The number of carbonyl (C=O) groups excluding carboxylic acids is 3. The Bertz CT molecular complexity index is 1080.